The number of halogens is 3. The zero-order valence-corrected chi connectivity index (χ0v) is 15.4. The predicted molar refractivity (Wildman–Crippen MR) is 99.6 cm³/mol. The standard InChI is InChI=1S/C19H19F3N6O/c20-19(21,22)15-4-6-16(7-5-15)29-17-3-1-2-14(12-17)13-27-8-10-28(11-9-27)18-23-25-26-24-18/h1-7,12H,8-11,13H2,(H,23,24,25,26). The fourth-order valence-electron chi connectivity index (χ4n) is 3.21. The first kappa shape index (κ1) is 19.2. The molecule has 1 N–H and O–H groups in total. The number of benzene rings is 2. The van der Waals surface area contributed by atoms with E-state index in [2.05, 4.69) is 30.4 Å². The minimum Gasteiger partial charge on any atom is -0.457 e. The Kier molecular flexibility index (Phi) is 5.34. The topological polar surface area (TPSA) is 70.2 Å². The molecule has 0 aliphatic carbocycles. The molecule has 0 unspecified atom stereocenters. The first-order valence-electron chi connectivity index (χ1n) is 9.12. The first-order valence-corrected chi connectivity index (χ1v) is 9.12. The molecule has 1 aliphatic rings. The summed E-state index contributed by atoms with van der Waals surface area (Å²) in [7, 11) is 0. The lowest BCUT2D eigenvalue weighted by Gasteiger charge is -2.33. The third kappa shape index (κ3) is 4.83. The molecule has 3 aromatic rings. The maximum atomic E-state index is 12.7. The van der Waals surface area contributed by atoms with Crippen molar-refractivity contribution >= 4 is 5.95 Å². The molecule has 29 heavy (non-hydrogen) atoms. The van der Waals surface area contributed by atoms with E-state index in [4.69, 9.17) is 4.74 Å². The van der Waals surface area contributed by atoms with Crippen LogP contribution in [0, 0.1) is 0 Å². The molecule has 0 atom stereocenters. The van der Waals surface area contributed by atoms with Gasteiger partial charge >= 0.3 is 6.18 Å². The lowest BCUT2D eigenvalue weighted by molar-refractivity contribution is -0.137. The van der Waals surface area contributed by atoms with Crippen LogP contribution < -0.4 is 9.64 Å². The summed E-state index contributed by atoms with van der Waals surface area (Å²) in [6, 6.07) is 12.3. The van der Waals surface area contributed by atoms with E-state index in [-0.39, 0.29) is 0 Å². The molecule has 10 heteroatoms. The molecule has 0 amide bonds. The average Bonchev–Trinajstić information content (AvgIpc) is 3.23. The van der Waals surface area contributed by atoms with Gasteiger partial charge in [0.2, 0.25) is 0 Å². The van der Waals surface area contributed by atoms with Crippen molar-refractivity contribution in [2.75, 3.05) is 31.1 Å². The number of hydrogen-bond acceptors (Lipinski definition) is 6. The highest BCUT2D eigenvalue weighted by molar-refractivity contribution is 5.36. The van der Waals surface area contributed by atoms with E-state index in [0.717, 1.165) is 50.4 Å². The Labute approximate surface area is 165 Å². The number of alkyl halides is 3. The van der Waals surface area contributed by atoms with Gasteiger partial charge in [-0.25, -0.2) is 0 Å². The highest BCUT2D eigenvalue weighted by Crippen LogP contribution is 2.31. The van der Waals surface area contributed by atoms with Gasteiger partial charge in [-0.2, -0.15) is 18.4 Å². The molecule has 152 valence electrons. The van der Waals surface area contributed by atoms with Crippen molar-refractivity contribution < 1.29 is 17.9 Å². The predicted octanol–water partition coefficient (Wildman–Crippen LogP) is 3.33. The second-order valence-electron chi connectivity index (χ2n) is 6.75. The van der Waals surface area contributed by atoms with Crippen molar-refractivity contribution in [3.63, 3.8) is 0 Å². The summed E-state index contributed by atoms with van der Waals surface area (Å²) < 4.78 is 43.7. The molecular weight excluding hydrogens is 385 g/mol. The minimum absolute atomic E-state index is 0.365. The number of anilines is 1. The van der Waals surface area contributed by atoms with Crippen LogP contribution in [0.4, 0.5) is 19.1 Å². The lowest BCUT2D eigenvalue weighted by atomic mass is 10.2. The van der Waals surface area contributed by atoms with E-state index in [9.17, 15) is 13.2 Å². The van der Waals surface area contributed by atoms with Crippen LogP contribution in [-0.2, 0) is 12.7 Å². The maximum Gasteiger partial charge on any atom is 0.416 e. The molecule has 2 aromatic carbocycles. The second-order valence-corrected chi connectivity index (χ2v) is 6.75. The molecule has 7 nitrogen and oxygen atoms in total. The van der Waals surface area contributed by atoms with Gasteiger partial charge in [0.15, 0.2) is 0 Å². The number of nitrogens with zero attached hydrogens (tertiary/aromatic N) is 5. The van der Waals surface area contributed by atoms with E-state index in [1.54, 1.807) is 6.07 Å². The Morgan fingerprint density at radius 2 is 1.72 bits per heavy atom. The summed E-state index contributed by atoms with van der Waals surface area (Å²) in [5.41, 5.74) is 0.376. The highest BCUT2D eigenvalue weighted by Gasteiger charge is 2.30. The molecular formula is C19H19F3N6O. The SMILES string of the molecule is FC(F)(F)c1ccc(Oc2cccc(CN3CCN(c4nn[nH]n4)CC3)c2)cc1. The van der Waals surface area contributed by atoms with Gasteiger partial charge in [-0.1, -0.05) is 17.2 Å². The van der Waals surface area contributed by atoms with Gasteiger partial charge in [0, 0.05) is 32.7 Å². The Hall–Kier alpha value is -3.14. The number of nitrogens with one attached hydrogen (secondary N) is 1. The van der Waals surface area contributed by atoms with E-state index in [1.165, 1.54) is 12.1 Å². The van der Waals surface area contributed by atoms with Gasteiger partial charge in [0.1, 0.15) is 11.5 Å². The molecule has 2 heterocycles. The van der Waals surface area contributed by atoms with Crippen LogP contribution in [0.1, 0.15) is 11.1 Å². The molecule has 1 saturated heterocycles. The Morgan fingerprint density at radius 3 is 2.38 bits per heavy atom. The molecule has 0 radical (unpaired) electrons. The Morgan fingerprint density at radius 1 is 0.966 bits per heavy atom. The quantitative estimate of drug-likeness (QED) is 0.704. The van der Waals surface area contributed by atoms with E-state index in [1.807, 2.05) is 18.2 Å². The summed E-state index contributed by atoms with van der Waals surface area (Å²) >= 11 is 0. The van der Waals surface area contributed by atoms with Crippen LogP contribution in [0.3, 0.4) is 0 Å². The lowest BCUT2D eigenvalue weighted by Crippen LogP contribution is -2.46. The summed E-state index contributed by atoms with van der Waals surface area (Å²) in [4.78, 5) is 4.39. The third-order valence-electron chi connectivity index (χ3n) is 4.71. The van der Waals surface area contributed by atoms with Crippen LogP contribution in [0.25, 0.3) is 0 Å². The van der Waals surface area contributed by atoms with Crippen molar-refractivity contribution in [2.45, 2.75) is 12.7 Å². The molecule has 1 aliphatic heterocycles. The van der Waals surface area contributed by atoms with Crippen LogP contribution in [-0.4, -0.2) is 51.7 Å². The van der Waals surface area contributed by atoms with Crippen molar-refractivity contribution in [1.82, 2.24) is 25.5 Å². The fraction of sp³-hybridized carbons (Fsp3) is 0.316. The molecule has 1 aromatic heterocycles. The minimum atomic E-state index is -4.35. The maximum absolute atomic E-state index is 12.7. The molecule has 1 fully saturated rings. The van der Waals surface area contributed by atoms with Crippen molar-refractivity contribution in [3.8, 4) is 11.5 Å². The van der Waals surface area contributed by atoms with Gasteiger partial charge in [-0.3, -0.25) is 4.90 Å². The number of H-pyrrole nitrogens is 1. The zero-order chi connectivity index (χ0) is 20.3. The number of aromatic amines is 1. The normalized spacial score (nSPS) is 15.5. The summed E-state index contributed by atoms with van der Waals surface area (Å²) in [5.74, 6) is 1.56. The molecule has 0 bridgehead atoms. The van der Waals surface area contributed by atoms with Gasteiger partial charge < -0.3 is 9.64 Å². The zero-order valence-electron chi connectivity index (χ0n) is 15.4. The molecule has 4 rings (SSSR count). The summed E-state index contributed by atoms with van der Waals surface area (Å²) in [5, 5.41) is 14.0. The number of tetrazole rings is 1. The Bertz CT molecular complexity index is 922. The number of rotatable bonds is 5. The first-order chi connectivity index (χ1) is 14.0. The van der Waals surface area contributed by atoms with Gasteiger partial charge in [-0.15, -0.1) is 5.10 Å². The second kappa shape index (κ2) is 8.08. The van der Waals surface area contributed by atoms with E-state index in [0.29, 0.717) is 17.4 Å². The van der Waals surface area contributed by atoms with Crippen LogP contribution >= 0.6 is 0 Å². The summed E-state index contributed by atoms with van der Waals surface area (Å²) in [6.45, 7) is 4.09. The van der Waals surface area contributed by atoms with Gasteiger partial charge in [0.05, 0.1) is 5.56 Å². The third-order valence-corrected chi connectivity index (χ3v) is 4.71. The largest absolute Gasteiger partial charge is 0.457 e. The number of hydrogen-bond donors (Lipinski definition) is 1. The van der Waals surface area contributed by atoms with Gasteiger partial charge in [0.25, 0.3) is 5.95 Å². The number of aromatic nitrogens is 4. The number of piperazine rings is 1. The highest BCUT2D eigenvalue weighted by atomic mass is 19.4. The van der Waals surface area contributed by atoms with Crippen molar-refractivity contribution in [2.24, 2.45) is 0 Å². The fourth-order valence-corrected chi connectivity index (χ4v) is 3.21. The van der Waals surface area contributed by atoms with E-state index < -0.39 is 11.7 Å². The van der Waals surface area contributed by atoms with Gasteiger partial charge in [-0.05, 0) is 47.2 Å². The van der Waals surface area contributed by atoms with E-state index >= 15 is 0 Å². The number of ether oxygens (including phenoxy) is 1. The van der Waals surface area contributed by atoms with Crippen molar-refractivity contribution in [3.05, 3.63) is 59.7 Å². The van der Waals surface area contributed by atoms with Crippen LogP contribution in [0.5, 0.6) is 11.5 Å². The van der Waals surface area contributed by atoms with Crippen LogP contribution in [0.2, 0.25) is 0 Å². The molecule has 0 saturated carbocycles. The summed E-state index contributed by atoms with van der Waals surface area (Å²) in [6.07, 6.45) is -4.35. The molecule has 0 spiro atoms. The van der Waals surface area contributed by atoms with Crippen molar-refractivity contribution in [1.29, 1.82) is 0 Å². The average molecular weight is 404 g/mol. The smallest absolute Gasteiger partial charge is 0.416 e. The monoisotopic (exact) mass is 404 g/mol. The Balaban J connectivity index is 1.34. The van der Waals surface area contributed by atoms with Crippen LogP contribution in [0.15, 0.2) is 48.5 Å².